The summed E-state index contributed by atoms with van der Waals surface area (Å²) in [5.74, 6) is -1.35. The van der Waals surface area contributed by atoms with Crippen LogP contribution < -0.4 is 25.7 Å². The van der Waals surface area contributed by atoms with Gasteiger partial charge in [0.2, 0.25) is 0 Å². The number of aromatic nitrogens is 3. The third kappa shape index (κ3) is 8.37. The number of Topliss-reactive ketones (excluding diaryl/α,β-unsaturated/α-hetero) is 1. The van der Waals surface area contributed by atoms with E-state index in [0.29, 0.717) is 80.2 Å². The largest absolute Gasteiger partial charge is 2.00 e. The third-order valence-corrected chi connectivity index (χ3v) is 12.0. The Kier molecular flexibility index (Phi) is 14.0. The van der Waals surface area contributed by atoms with E-state index in [1.807, 2.05) is 39.0 Å². The minimum absolute atomic E-state index is 0. The van der Waals surface area contributed by atoms with Crippen molar-refractivity contribution in [3.05, 3.63) is 102 Å². The molecule has 296 valence electrons. The van der Waals surface area contributed by atoms with Gasteiger partial charge < -0.3 is 29.7 Å². The number of rotatable bonds is 14. The second-order valence-corrected chi connectivity index (χ2v) is 15.4. The number of methoxy groups -OCH3 is 1. The summed E-state index contributed by atoms with van der Waals surface area (Å²) in [5, 5.41) is 6.28. The number of carbonyl (C=O) groups is 4. The van der Waals surface area contributed by atoms with Gasteiger partial charge in [-0.2, -0.15) is 5.70 Å². The molecule has 3 aliphatic rings. The maximum Gasteiger partial charge on any atom is 2.00 e. The number of fused-ring (bicyclic) bond motifs is 8. The first-order valence-corrected chi connectivity index (χ1v) is 19.8. The summed E-state index contributed by atoms with van der Waals surface area (Å²) in [4.78, 5) is 68.3. The molecule has 1 fully saturated rings. The standard InChI is InChI=1S/C46H54N4O6.Mg/c1-10-24(4)14-13-15-25(5)18-19-56-39(52)17-16-31-27(7)34-20-33-26(6)29(11-2)36(47-33)22-38-32(23-51)30(12-3)37(48-38)21-35-28(8)40-44(50-35)41(43(31)49-34)42(45(40)53)46(54)55-9;/h11,18,20-24,27,31,43H,2,10,12-17,19H2,1,3-9H3,(H2-2,47,48,49,50,51,53,54);/q-2;+2/p-2/b25-18+;/t24-,27+,31+,43?;/m1./s1. The Morgan fingerprint density at radius 3 is 2.37 bits per heavy atom. The Bertz CT molecular complexity index is 2310. The van der Waals surface area contributed by atoms with Crippen LogP contribution in [0.15, 0.2) is 29.5 Å². The monoisotopic (exact) mass is 780 g/mol. The molecule has 3 aromatic rings. The van der Waals surface area contributed by atoms with Crippen molar-refractivity contribution in [1.82, 2.24) is 15.0 Å². The minimum atomic E-state index is -0.761. The summed E-state index contributed by atoms with van der Waals surface area (Å²) in [5.41, 5.74) is 8.21. The average Bonchev–Trinajstić information content (AvgIpc) is 3.93. The van der Waals surface area contributed by atoms with Crippen LogP contribution in [0.2, 0.25) is 0 Å². The molecule has 1 aliphatic carbocycles. The molecule has 10 nitrogen and oxygen atoms in total. The molecular weight excluding hydrogens is 729 g/mol. The number of ketones is 1. The van der Waals surface area contributed by atoms with Gasteiger partial charge in [0, 0.05) is 17.5 Å². The quantitative estimate of drug-likeness (QED) is 0.0594. The van der Waals surface area contributed by atoms with Crippen molar-refractivity contribution in [2.45, 2.75) is 99.5 Å². The van der Waals surface area contributed by atoms with E-state index in [2.05, 4.69) is 27.4 Å². The predicted molar refractivity (Wildman–Crippen MR) is 224 cm³/mol. The molecule has 0 radical (unpaired) electrons. The van der Waals surface area contributed by atoms with Crippen molar-refractivity contribution in [3.8, 4) is 0 Å². The second-order valence-electron chi connectivity index (χ2n) is 15.4. The van der Waals surface area contributed by atoms with E-state index < -0.39 is 17.8 Å². The average molecular weight is 781 g/mol. The zero-order valence-corrected chi connectivity index (χ0v) is 36.0. The molecule has 4 atom stereocenters. The van der Waals surface area contributed by atoms with Crippen molar-refractivity contribution >= 4 is 76.9 Å². The Morgan fingerprint density at radius 2 is 1.70 bits per heavy atom. The number of esters is 2. The van der Waals surface area contributed by atoms with E-state index >= 15 is 0 Å². The van der Waals surface area contributed by atoms with Crippen molar-refractivity contribution < 1.29 is 28.7 Å². The number of ether oxygens (including phenoxy) is 2. The first-order valence-electron chi connectivity index (χ1n) is 19.8. The van der Waals surface area contributed by atoms with E-state index in [4.69, 9.17) is 29.7 Å². The molecule has 0 aromatic carbocycles. The molecule has 0 amide bonds. The van der Waals surface area contributed by atoms with Gasteiger partial charge in [-0.3, -0.25) is 14.4 Å². The Labute approximate surface area is 351 Å². The molecule has 1 unspecified atom stereocenters. The minimum Gasteiger partial charge on any atom is -0.681 e. The van der Waals surface area contributed by atoms with Crippen LogP contribution in [-0.2, 0) is 25.5 Å². The van der Waals surface area contributed by atoms with Gasteiger partial charge in [0.1, 0.15) is 18.5 Å². The van der Waals surface area contributed by atoms with Gasteiger partial charge in [-0.25, -0.2) is 4.79 Å². The van der Waals surface area contributed by atoms with Gasteiger partial charge in [0.05, 0.1) is 7.11 Å². The summed E-state index contributed by atoms with van der Waals surface area (Å²) >= 11 is 0. The van der Waals surface area contributed by atoms with Gasteiger partial charge in [-0.1, -0.05) is 105 Å². The maximum atomic E-state index is 14.2. The van der Waals surface area contributed by atoms with E-state index in [-0.39, 0.29) is 59.5 Å². The smallest absolute Gasteiger partial charge is 0.681 e. The molecule has 11 heteroatoms. The summed E-state index contributed by atoms with van der Waals surface area (Å²) < 4.78 is 10.9. The zero-order valence-electron chi connectivity index (χ0n) is 34.6. The van der Waals surface area contributed by atoms with Crippen LogP contribution in [-0.4, -0.2) is 66.8 Å². The van der Waals surface area contributed by atoms with E-state index in [1.54, 1.807) is 19.1 Å². The van der Waals surface area contributed by atoms with Gasteiger partial charge in [0.15, 0.2) is 5.78 Å². The topological polar surface area (TPSA) is 143 Å². The zero-order chi connectivity index (χ0) is 40.4. The van der Waals surface area contributed by atoms with Crippen LogP contribution in [0.25, 0.3) is 35.2 Å². The van der Waals surface area contributed by atoms with E-state index in [1.165, 1.54) is 25.5 Å². The number of hydrogen-bond acceptors (Lipinski definition) is 6. The molecule has 8 bridgehead atoms. The number of carbonyl (C=O) groups excluding carboxylic acids is 4. The fourth-order valence-electron chi connectivity index (χ4n) is 8.32. The Balaban J connectivity index is 0.00000620. The molecule has 6 rings (SSSR count). The number of nitrogens with zero attached hydrogens (tertiary/aromatic N) is 4. The molecule has 0 saturated carbocycles. The third-order valence-electron chi connectivity index (χ3n) is 12.0. The summed E-state index contributed by atoms with van der Waals surface area (Å²) in [6.07, 6.45) is 15.6. The molecule has 0 N–H and O–H groups in total. The van der Waals surface area contributed by atoms with Crippen molar-refractivity contribution in [2.75, 3.05) is 13.7 Å². The Morgan fingerprint density at radius 1 is 0.982 bits per heavy atom. The number of allylic oxidation sites excluding steroid dienone is 2. The molecular formula is C46H52MgN4O6-2. The Hall–Kier alpha value is -4.61. The predicted octanol–water partition coefficient (Wildman–Crippen LogP) is 6.44. The summed E-state index contributed by atoms with van der Waals surface area (Å²) in [7, 11) is 1.25. The van der Waals surface area contributed by atoms with Crippen LogP contribution >= 0.6 is 0 Å². The van der Waals surface area contributed by atoms with Crippen LogP contribution in [0.1, 0.15) is 139 Å². The van der Waals surface area contributed by atoms with Gasteiger partial charge in [0.25, 0.3) is 0 Å². The first kappa shape index (κ1) is 43.5. The normalized spacial score (nSPS) is 21.0. The summed E-state index contributed by atoms with van der Waals surface area (Å²) in [6, 6.07) is -0.692. The summed E-state index contributed by atoms with van der Waals surface area (Å²) in [6.45, 7) is 18.6. The van der Waals surface area contributed by atoms with Gasteiger partial charge >= 0.3 is 35.0 Å². The van der Waals surface area contributed by atoms with Gasteiger partial charge in [-0.05, 0) is 75.8 Å². The van der Waals surface area contributed by atoms with Crippen molar-refractivity contribution in [2.24, 2.45) is 17.8 Å². The van der Waals surface area contributed by atoms with Crippen LogP contribution in [0, 0.1) is 31.6 Å². The molecule has 1 saturated heterocycles. The van der Waals surface area contributed by atoms with Crippen molar-refractivity contribution in [1.29, 1.82) is 0 Å². The number of aldehydes is 1. The number of hydrogen-bond donors (Lipinski definition) is 0. The second kappa shape index (κ2) is 18.3. The van der Waals surface area contributed by atoms with E-state index in [9.17, 15) is 19.2 Å². The van der Waals surface area contributed by atoms with Crippen molar-refractivity contribution in [3.63, 3.8) is 0 Å². The SMILES string of the molecule is C=Cc1c2[n-]c(c1C)/C=C1\[N-]C(C3=C(C(=O)OC)C(=O)c4c3[n-]c(c4C)/C=c3\[n-]/c(c(C=O)c3CC)=C\2)[C@@H](CCC(=O)OC/C=C(\C)CCC[C@H](C)CC)[C@@H]1C.[Mg+2]. The first-order chi connectivity index (χ1) is 26.9. The van der Waals surface area contributed by atoms with Crippen LogP contribution in [0.5, 0.6) is 0 Å². The molecule has 0 spiro atoms. The van der Waals surface area contributed by atoms with Crippen LogP contribution in [0.4, 0.5) is 0 Å². The molecule has 3 aromatic heterocycles. The van der Waals surface area contributed by atoms with E-state index in [0.717, 1.165) is 35.8 Å². The molecule has 5 heterocycles. The fraction of sp³-hybridized carbons (Fsp3) is 0.435. The maximum absolute atomic E-state index is 14.2. The molecule has 2 aliphatic heterocycles. The van der Waals surface area contributed by atoms with Crippen LogP contribution in [0.3, 0.4) is 0 Å². The molecule has 57 heavy (non-hydrogen) atoms. The van der Waals surface area contributed by atoms with Gasteiger partial charge in [-0.15, -0.1) is 33.5 Å². The fourth-order valence-corrected chi connectivity index (χ4v) is 8.32.